The Morgan fingerprint density at radius 3 is 0.796 bits per heavy atom. The molecule has 0 aromatic heterocycles. The Bertz CT molecular complexity index is 2220. The van der Waals surface area contributed by atoms with E-state index in [2.05, 4.69) is 160 Å². The Morgan fingerprint density at radius 2 is 0.534 bits per heavy atom. The molecule has 0 radical (unpaired) electrons. The molecule has 0 heterocycles. The lowest BCUT2D eigenvalue weighted by Crippen LogP contribution is -2.29. The third-order valence-electron chi connectivity index (χ3n) is 18.7. The molecular weight excluding hydrogens is 1290 g/mol. The fourth-order valence-electron chi connectivity index (χ4n) is 12.3. The van der Waals surface area contributed by atoms with Gasteiger partial charge in [0.2, 0.25) is 0 Å². The van der Waals surface area contributed by atoms with Gasteiger partial charge in [-0.25, -0.2) is 4.57 Å². The fourth-order valence-corrected chi connectivity index (χ4v) is 13.1. The zero-order valence-corrected chi connectivity index (χ0v) is 67.9. The molecule has 0 aliphatic carbocycles. The van der Waals surface area contributed by atoms with E-state index >= 15 is 0 Å². The van der Waals surface area contributed by atoms with Gasteiger partial charge in [-0.3, -0.25) is 18.6 Å². The van der Waals surface area contributed by atoms with Gasteiger partial charge in [0.1, 0.15) is 6.61 Å². The number of carbonyl (C=O) groups is 2. The van der Waals surface area contributed by atoms with Crippen molar-refractivity contribution < 1.29 is 37.6 Å². The number of rotatable bonds is 81. The largest absolute Gasteiger partial charge is 0.472 e. The van der Waals surface area contributed by atoms with E-state index in [0.717, 1.165) is 116 Å². The first-order valence-corrected chi connectivity index (χ1v) is 44.8. The van der Waals surface area contributed by atoms with Crippen LogP contribution < -0.4 is 5.73 Å². The van der Waals surface area contributed by atoms with Crippen LogP contribution in [0.15, 0.2) is 146 Å². The van der Waals surface area contributed by atoms with Crippen molar-refractivity contribution in [3.8, 4) is 0 Å². The minimum absolute atomic E-state index is 0.0487. The average Bonchev–Trinajstić information content (AvgIpc) is 0.970. The summed E-state index contributed by atoms with van der Waals surface area (Å²) in [6.07, 6.45) is 126. The molecule has 0 amide bonds. The second-order valence-electron chi connectivity index (χ2n) is 28.7. The smallest absolute Gasteiger partial charge is 0.462 e. The second kappa shape index (κ2) is 86.8. The number of allylic oxidation sites excluding steroid dienone is 24. The summed E-state index contributed by atoms with van der Waals surface area (Å²) in [5.74, 6) is -0.823. The Balaban J connectivity index is 3.81. The molecule has 103 heavy (non-hydrogen) atoms. The Kier molecular flexibility index (Phi) is 83.3. The molecular formula is C93H162NO8P. The van der Waals surface area contributed by atoms with Crippen molar-refractivity contribution in [1.29, 1.82) is 0 Å². The van der Waals surface area contributed by atoms with E-state index in [-0.39, 0.29) is 38.6 Å². The van der Waals surface area contributed by atoms with Crippen molar-refractivity contribution in [1.82, 2.24) is 0 Å². The third kappa shape index (κ3) is 86.7. The number of hydrogen-bond donors (Lipinski definition) is 2. The summed E-state index contributed by atoms with van der Waals surface area (Å²) in [6, 6.07) is 0. The number of phosphoric ester groups is 1. The first kappa shape index (κ1) is 98.9. The monoisotopic (exact) mass is 1450 g/mol. The van der Waals surface area contributed by atoms with Gasteiger partial charge < -0.3 is 20.1 Å². The first-order chi connectivity index (χ1) is 50.8. The Hall–Kier alpha value is -4.11. The van der Waals surface area contributed by atoms with Gasteiger partial charge in [0.05, 0.1) is 13.2 Å². The number of hydrogen-bond acceptors (Lipinski definition) is 8. The summed E-state index contributed by atoms with van der Waals surface area (Å²) in [5.41, 5.74) is 5.42. The number of unbranched alkanes of at least 4 members (excludes halogenated alkanes) is 44. The molecule has 2 atom stereocenters. The van der Waals surface area contributed by atoms with Crippen LogP contribution in [0.2, 0.25) is 0 Å². The van der Waals surface area contributed by atoms with Gasteiger partial charge in [-0.15, -0.1) is 0 Å². The van der Waals surface area contributed by atoms with Gasteiger partial charge in [0, 0.05) is 19.4 Å². The van der Waals surface area contributed by atoms with Gasteiger partial charge in [-0.05, 0) is 122 Å². The van der Waals surface area contributed by atoms with Crippen molar-refractivity contribution in [3.05, 3.63) is 146 Å². The maximum Gasteiger partial charge on any atom is 0.472 e. The van der Waals surface area contributed by atoms with Crippen molar-refractivity contribution in [3.63, 3.8) is 0 Å². The van der Waals surface area contributed by atoms with Crippen LogP contribution in [0.25, 0.3) is 0 Å². The van der Waals surface area contributed by atoms with Crippen LogP contribution in [0.5, 0.6) is 0 Å². The highest BCUT2D eigenvalue weighted by atomic mass is 31.2. The van der Waals surface area contributed by atoms with Crippen LogP contribution in [0.4, 0.5) is 0 Å². The standard InChI is InChI=1S/C93H162NO8P/c1-3-5-7-9-11-13-15-17-19-21-23-25-27-29-31-33-35-37-39-41-43-45-47-49-51-53-55-57-59-61-63-65-67-69-71-73-75-77-79-81-83-85-92(95)99-89-91(90-101-103(97,98)100-88-87-94)102-93(96)86-84-82-80-78-76-74-72-70-68-66-64-62-60-58-56-54-52-50-48-46-44-42-40-38-36-34-32-30-28-26-24-22-20-18-16-14-12-10-8-6-4-2/h6,8,12,14-15,17-18,20-21,23-24,26,30,32,36,38,42,44,48,50,54,56,60,62,91H,3-5,7,9-11,13,16,19,22,25,27-29,31,33-35,37,39-41,43,45-47,49,51-53,55,57-59,61,63-90,94H2,1-2H3,(H,97,98)/b8-6-,14-12-,17-15-,20-18-,23-21-,26-24-,32-30-,38-36-,44-42-,50-48-,56-54-,62-60-. The quantitative estimate of drug-likeness (QED) is 0.0264. The zero-order chi connectivity index (χ0) is 74.3. The molecule has 2 unspecified atom stereocenters. The van der Waals surface area contributed by atoms with E-state index in [1.54, 1.807) is 0 Å². The highest BCUT2D eigenvalue weighted by molar-refractivity contribution is 7.47. The van der Waals surface area contributed by atoms with Crippen molar-refractivity contribution in [2.24, 2.45) is 5.73 Å². The molecule has 3 N–H and O–H groups in total. The normalized spacial score (nSPS) is 13.6. The van der Waals surface area contributed by atoms with Gasteiger partial charge in [0.15, 0.2) is 6.10 Å². The summed E-state index contributed by atoms with van der Waals surface area (Å²) in [7, 11) is -4.41. The van der Waals surface area contributed by atoms with Gasteiger partial charge in [0.25, 0.3) is 0 Å². The summed E-state index contributed by atoms with van der Waals surface area (Å²) in [6.45, 7) is 3.65. The molecule has 0 saturated heterocycles. The second-order valence-corrected chi connectivity index (χ2v) is 30.1. The minimum atomic E-state index is -4.41. The molecule has 0 spiro atoms. The number of esters is 2. The lowest BCUT2D eigenvalue weighted by Gasteiger charge is -2.19. The van der Waals surface area contributed by atoms with Crippen molar-refractivity contribution in [2.45, 2.75) is 405 Å². The molecule has 9 nitrogen and oxygen atoms in total. The molecule has 592 valence electrons. The van der Waals surface area contributed by atoms with E-state index in [1.807, 2.05) is 0 Å². The number of nitrogens with two attached hydrogens (primary N) is 1. The molecule has 0 aromatic carbocycles. The maximum absolute atomic E-state index is 12.8. The van der Waals surface area contributed by atoms with E-state index < -0.39 is 26.5 Å². The number of phosphoric acid groups is 1. The highest BCUT2D eigenvalue weighted by Crippen LogP contribution is 2.43. The Morgan fingerprint density at radius 1 is 0.301 bits per heavy atom. The van der Waals surface area contributed by atoms with Gasteiger partial charge in [-0.1, -0.05) is 410 Å². The lowest BCUT2D eigenvalue weighted by molar-refractivity contribution is -0.161. The molecule has 0 saturated carbocycles. The summed E-state index contributed by atoms with van der Waals surface area (Å²) in [4.78, 5) is 35.5. The maximum atomic E-state index is 12.8. The number of carbonyl (C=O) groups excluding carboxylic acids is 2. The molecule has 10 heteroatoms. The van der Waals surface area contributed by atoms with Gasteiger partial charge in [-0.2, -0.15) is 0 Å². The minimum Gasteiger partial charge on any atom is -0.462 e. The zero-order valence-electron chi connectivity index (χ0n) is 67.0. The molecule has 0 fully saturated rings. The van der Waals surface area contributed by atoms with Crippen molar-refractivity contribution >= 4 is 19.8 Å². The predicted molar refractivity (Wildman–Crippen MR) is 450 cm³/mol. The van der Waals surface area contributed by atoms with Crippen molar-refractivity contribution in [2.75, 3.05) is 26.4 Å². The molecule has 0 aromatic rings. The lowest BCUT2D eigenvalue weighted by atomic mass is 10.0. The molecule has 0 aliphatic rings. The van der Waals surface area contributed by atoms with E-state index in [0.29, 0.717) is 6.42 Å². The first-order valence-electron chi connectivity index (χ1n) is 43.3. The fraction of sp³-hybridized carbons (Fsp3) is 0.720. The average molecular weight is 1450 g/mol. The van der Waals surface area contributed by atoms with E-state index in [4.69, 9.17) is 24.3 Å². The number of ether oxygens (including phenoxy) is 2. The third-order valence-corrected chi connectivity index (χ3v) is 19.7. The molecule has 0 bridgehead atoms. The van der Waals surface area contributed by atoms with Crippen LogP contribution in [-0.4, -0.2) is 49.3 Å². The van der Waals surface area contributed by atoms with E-state index in [9.17, 15) is 19.0 Å². The van der Waals surface area contributed by atoms with Crippen LogP contribution >= 0.6 is 7.82 Å². The summed E-state index contributed by atoms with van der Waals surface area (Å²) >= 11 is 0. The van der Waals surface area contributed by atoms with Crippen LogP contribution in [0.1, 0.15) is 399 Å². The topological polar surface area (TPSA) is 134 Å². The van der Waals surface area contributed by atoms with Crippen LogP contribution in [0, 0.1) is 0 Å². The van der Waals surface area contributed by atoms with Crippen LogP contribution in [0.3, 0.4) is 0 Å². The summed E-state index contributed by atoms with van der Waals surface area (Å²) in [5, 5.41) is 0. The highest BCUT2D eigenvalue weighted by Gasteiger charge is 2.26. The van der Waals surface area contributed by atoms with Crippen LogP contribution in [-0.2, 0) is 32.7 Å². The summed E-state index contributed by atoms with van der Waals surface area (Å²) < 4.78 is 33.3. The van der Waals surface area contributed by atoms with E-state index in [1.165, 1.54) is 250 Å². The van der Waals surface area contributed by atoms with Gasteiger partial charge >= 0.3 is 19.8 Å². The molecule has 0 aliphatic heterocycles. The SMILES string of the molecule is CC/C=C\C/C=C\C/C=C\C/C=C\C/C=C\C/C=C\C/C=C\C/C=C\C/C=C\C/C=C\CCCCCCCCCCCCC(=O)OC(COC(=O)CCCCCCCCCCCCCCCCCCCCCCCCCCCCCCC/C=C\C/C=C\CCCCCCC)COP(=O)(O)OCCN. The molecule has 0 rings (SSSR count). The Labute approximate surface area is 636 Å². The predicted octanol–water partition coefficient (Wildman–Crippen LogP) is 29.7.